The van der Waals surface area contributed by atoms with Crippen LogP contribution in [0.3, 0.4) is 0 Å². The number of pyridine rings is 1. The third kappa shape index (κ3) is 1.89. The molecule has 1 N–H and O–H groups in total. The lowest BCUT2D eigenvalue weighted by Gasteiger charge is -2.14. The van der Waals surface area contributed by atoms with E-state index in [1.807, 2.05) is 6.07 Å². The Bertz CT molecular complexity index is 889. The van der Waals surface area contributed by atoms with Gasteiger partial charge >= 0.3 is 5.97 Å². The van der Waals surface area contributed by atoms with Crippen LogP contribution in [-0.2, 0) is 0 Å². The Hall–Kier alpha value is -2.68. The SMILES string of the molecule is Cc1c(F)cc2c(=O)c(C(=O)O)cn(C3CC3)c2c1C#N. The van der Waals surface area contributed by atoms with Gasteiger partial charge in [0, 0.05) is 17.8 Å². The molecule has 1 fully saturated rings. The van der Waals surface area contributed by atoms with Crippen LogP contribution in [0.5, 0.6) is 0 Å². The third-order valence-corrected chi connectivity index (χ3v) is 3.79. The Kier molecular flexibility index (Phi) is 2.80. The minimum atomic E-state index is -1.35. The maximum atomic E-state index is 13.9. The second-order valence-corrected chi connectivity index (χ2v) is 5.18. The molecule has 1 heterocycles. The Morgan fingerprint density at radius 1 is 1.52 bits per heavy atom. The predicted molar refractivity (Wildman–Crippen MR) is 72.8 cm³/mol. The molecule has 2 aromatic rings. The predicted octanol–water partition coefficient (Wildman–Crippen LogP) is 2.35. The molecule has 0 unspecified atom stereocenters. The fourth-order valence-corrected chi connectivity index (χ4v) is 2.51. The van der Waals surface area contributed by atoms with Crippen LogP contribution < -0.4 is 5.43 Å². The number of fused-ring (bicyclic) bond motifs is 1. The largest absolute Gasteiger partial charge is 0.477 e. The van der Waals surface area contributed by atoms with Crippen molar-refractivity contribution in [1.82, 2.24) is 4.57 Å². The molecular formula is C15H11FN2O3. The van der Waals surface area contributed by atoms with Crippen molar-refractivity contribution < 1.29 is 14.3 Å². The fourth-order valence-electron chi connectivity index (χ4n) is 2.51. The van der Waals surface area contributed by atoms with Crippen LogP contribution in [0.4, 0.5) is 4.39 Å². The van der Waals surface area contributed by atoms with Gasteiger partial charge < -0.3 is 9.67 Å². The van der Waals surface area contributed by atoms with E-state index in [4.69, 9.17) is 5.11 Å². The molecule has 0 atom stereocenters. The Labute approximate surface area is 118 Å². The van der Waals surface area contributed by atoms with Crippen LogP contribution in [0.15, 0.2) is 17.1 Å². The summed E-state index contributed by atoms with van der Waals surface area (Å²) in [6.45, 7) is 1.47. The van der Waals surface area contributed by atoms with Gasteiger partial charge in [0.05, 0.1) is 16.5 Å². The zero-order valence-electron chi connectivity index (χ0n) is 11.2. The monoisotopic (exact) mass is 286 g/mol. The molecule has 0 radical (unpaired) electrons. The summed E-state index contributed by atoms with van der Waals surface area (Å²) in [5.41, 5.74) is -0.576. The number of hydrogen-bond donors (Lipinski definition) is 1. The lowest BCUT2D eigenvalue weighted by atomic mass is 10.0. The second-order valence-electron chi connectivity index (χ2n) is 5.18. The molecule has 1 aromatic heterocycles. The van der Waals surface area contributed by atoms with Crippen LogP contribution in [0, 0.1) is 24.1 Å². The van der Waals surface area contributed by atoms with E-state index in [1.165, 1.54) is 13.1 Å². The fraction of sp³-hybridized carbons (Fsp3) is 0.267. The van der Waals surface area contributed by atoms with Gasteiger partial charge in [0.25, 0.3) is 0 Å². The maximum absolute atomic E-state index is 13.9. The van der Waals surface area contributed by atoms with E-state index in [9.17, 15) is 19.2 Å². The quantitative estimate of drug-likeness (QED) is 0.918. The maximum Gasteiger partial charge on any atom is 0.341 e. The van der Waals surface area contributed by atoms with Gasteiger partial charge in [-0.15, -0.1) is 0 Å². The number of rotatable bonds is 2. The zero-order valence-corrected chi connectivity index (χ0v) is 11.2. The first kappa shape index (κ1) is 13.3. The first-order valence-corrected chi connectivity index (χ1v) is 6.47. The zero-order chi connectivity index (χ0) is 15.3. The summed E-state index contributed by atoms with van der Waals surface area (Å²) in [6, 6.07) is 3.02. The number of aromatic carboxylic acids is 1. The van der Waals surface area contributed by atoms with Crippen LogP contribution in [0.25, 0.3) is 10.9 Å². The average molecular weight is 286 g/mol. The van der Waals surface area contributed by atoms with Gasteiger partial charge in [0.15, 0.2) is 0 Å². The van der Waals surface area contributed by atoms with E-state index in [0.717, 1.165) is 18.9 Å². The minimum absolute atomic E-state index is 0.0542. The highest BCUT2D eigenvalue weighted by atomic mass is 19.1. The summed E-state index contributed by atoms with van der Waals surface area (Å²) in [4.78, 5) is 23.4. The van der Waals surface area contributed by atoms with Crippen LogP contribution in [0.2, 0.25) is 0 Å². The molecule has 1 aliphatic carbocycles. The summed E-state index contributed by atoms with van der Waals surface area (Å²) >= 11 is 0. The summed E-state index contributed by atoms with van der Waals surface area (Å²) in [7, 11) is 0. The molecule has 1 aromatic carbocycles. The highest BCUT2D eigenvalue weighted by molar-refractivity contribution is 5.94. The number of carbonyl (C=O) groups is 1. The number of hydrogen-bond acceptors (Lipinski definition) is 3. The minimum Gasteiger partial charge on any atom is -0.477 e. The first-order chi connectivity index (χ1) is 9.95. The normalized spacial score (nSPS) is 14.1. The van der Waals surface area contributed by atoms with Gasteiger partial charge in [-0.1, -0.05) is 0 Å². The molecular weight excluding hydrogens is 275 g/mol. The highest BCUT2D eigenvalue weighted by Crippen LogP contribution is 2.38. The van der Waals surface area contributed by atoms with E-state index in [-0.39, 0.29) is 22.6 Å². The second kappa shape index (κ2) is 4.42. The van der Waals surface area contributed by atoms with Crippen LogP contribution >= 0.6 is 0 Å². The van der Waals surface area contributed by atoms with Crippen LogP contribution in [0.1, 0.15) is 40.4 Å². The summed E-state index contributed by atoms with van der Waals surface area (Å²) in [5, 5.41) is 18.4. The van der Waals surface area contributed by atoms with E-state index >= 15 is 0 Å². The van der Waals surface area contributed by atoms with E-state index in [2.05, 4.69) is 0 Å². The highest BCUT2D eigenvalue weighted by Gasteiger charge is 2.28. The molecule has 3 rings (SSSR count). The van der Waals surface area contributed by atoms with Crippen LogP contribution in [-0.4, -0.2) is 15.6 Å². The third-order valence-electron chi connectivity index (χ3n) is 3.79. The summed E-state index contributed by atoms with van der Waals surface area (Å²) in [6.07, 6.45) is 2.96. The number of halogens is 1. The Morgan fingerprint density at radius 2 is 2.19 bits per heavy atom. The molecule has 6 heteroatoms. The Balaban J connectivity index is 2.56. The average Bonchev–Trinajstić information content (AvgIpc) is 3.26. The molecule has 0 saturated heterocycles. The number of nitrogens with zero attached hydrogens (tertiary/aromatic N) is 2. The molecule has 21 heavy (non-hydrogen) atoms. The van der Waals surface area contributed by atoms with Gasteiger partial charge in [-0.05, 0) is 25.8 Å². The van der Waals surface area contributed by atoms with Crippen molar-refractivity contribution in [3.8, 4) is 6.07 Å². The summed E-state index contributed by atoms with van der Waals surface area (Å²) < 4.78 is 15.5. The van der Waals surface area contributed by atoms with Gasteiger partial charge in [0.1, 0.15) is 17.4 Å². The van der Waals surface area contributed by atoms with Crippen molar-refractivity contribution >= 4 is 16.9 Å². The first-order valence-electron chi connectivity index (χ1n) is 6.47. The number of nitriles is 1. The summed E-state index contributed by atoms with van der Waals surface area (Å²) in [5.74, 6) is -2.03. The van der Waals surface area contributed by atoms with E-state index in [0.29, 0.717) is 5.52 Å². The molecule has 0 aliphatic heterocycles. The van der Waals surface area contributed by atoms with Crippen molar-refractivity contribution in [1.29, 1.82) is 5.26 Å². The number of carboxylic acid groups (broad SMARTS) is 1. The standard InChI is InChI=1S/C15H11FN2O3/c1-7-10(5-17)13-9(4-12(7)16)14(19)11(15(20)21)6-18(13)8-2-3-8/h4,6,8H,2-3H2,1H3,(H,20,21). The van der Waals surface area contributed by atoms with Gasteiger partial charge in [-0.3, -0.25) is 4.79 Å². The number of benzene rings is 1. The van der Waals surface area contributed by atoms with Crippen molar-refractivity contribution in [2.24, 2.45) is 0 Å². The molecule has 0 amide bonds. The lowest BCUT2D eigenvalue weighted by molar-refractivity contribution is 0.0695. The number of aromatic nitrogens is 1. The number of carboxylic acids is 1. The molecule has 0 spiro atoms. The molecule has 1 aliphatic rings. The van der Waals surface area contributed by atoms with Crippen molar-refractivity contribution in [2.45, 2.75) is 25.8 Å². The van der Waals surface area contributed by atoms with Gasteiger partial charge in [0.2, 0.25) is 5.43 Å². The van der Waals surface area contributed by atoms with Crippen molar-refractivity contribution in [3.05, 3.63) is 45.0 Å². The van der Waals surface area contributed by atoms with Gasteiger partial charge in [-0.2, -0.15) is 5.26 Å². The molecule has 0 bridgehead atoms. The van der Waals surface area contributed by atoms with Gasteiger partial charge in [-0.25, -0.2) is 9.18 Å². The van der Waals surface area contributed by atoms with E-state index in [1.54, 1.807) is 4.57 Å². The Morgan fingerprint density at radius 3 is 2.71 bits per heavy atom. The van der Waals surface area contributed by atoms with E-state index < -0.39 is 22.8 Å². The van der Waals surface area contributed by atoms with Crippen molar-refractivity contribution in [2.75, 3.05) is 0 Å². The lowest BCUT2D eigenvalue weighted by Crippen LogP contribution is -2.20. The smallest absolute Gasteiger partial charge is 0.341 e. The molecule has 5 nitrogen and oxygen atoms in total. The topological polar surface area (TPSA) is 83.1 Å². The molecule has 106 valence electrons. The van der Waals surface area contributed by atoms with Crippen molar-refractivity contribution in [3.63, 3.8) is 0 Å². The molecule has 1 saturated carbocycles.